The van der Waals surface area contributed by atoms with Crippen LogP contribution >= 0.6 is 11.6 Å². The van der Waals surface area contributed by atoms with Crippen LogP contribution in [-0.4, -0.2) is 54.0 Å². The maximum absolute atomic E-state index is 12.3. The van der Waals surface area contributed by atoms with Gasteiger partial charge in [-0.05, 0) is 24.3 Å². The lowest BCUT2D eigenvalue weighted by Gasteiger charge is -2.36. The zero-order valence-electron chi connectivity index (χ0n) is 15.5. The Morgan fingerprint density at radius 3 is 2.54 bits per heavy atom. The summed E-state index contributed by atoms with van der Waals surface area (Å²) in [6.07, 6.45) is 1.79. The molecular formula is C20H23ClN4O3. The van der Waals surface area contributed by atoms with Crippen LogP contribution in [0.1, 0.15) is 6.42 Å². The molecule has 1 aromatic carbocycles. The number of carbonyl (C=O) groups is 2. The summed E-state index contributed by atoms with van der Waals surface area (Å²) in [4.78, 5) is 39.9. The molecule has 0 aliphatic carbocycles. The molecule has 2 heterocycles. The van der Waals surface area contributed by atoms with Crippen LogP contribution in [0.5, 0.6) is 0 Å². The SMILES string of the molecule is O=C(CCn1ccccc1=O)NCC(=O)N1CCN(c2cccc(Cl)c2)CC1. The summed E-state index contributed by atoms with van der Waals surface area (Å²) in [5, 5.41) is 3.33. The molecular weight excluding hydrogens is 380 g/mol. The van der Waals surface area contributed by atoms with Crippen molar-refractivity contribution in [1.82, 2.24) is 14.8 Å². The van der Waals surface area contributed by atoms with E-state index in [0.29, 0.717) is 18.1 Å². The molecule has 1 N–H and O–H groups in total. The number of hydrogen-bond acceptors (Lipinski definition) is 4. The predicted molar refractivity (Wildman–Crippen MR) is 109 cm³/mol. The van der Waals surface area contributed by atoms with E-state index >= 15 is 0 Å². The number of nitrogens with zero attached hydrogens (tertiary/aromatic N) is 3. The van der Waals surface area contributed by atoms with E-state index in [4.69, 9.17) is 11.6 Å². The van der Waals surface area contributed by atoms with Gasteiger partial charge in [0.05, 0.1) is 6.54 Å². The van der Waals surface area contributed by atoms with Gasteiger partial charge in [0.25, 0.3) is 5.56 Å². The standard InChI is InChI=1S/C20H23ClN4O3/c21-16-4-3-5-17(14-16)23-10-12-25(13-11-23)20(28)15-22-18(26)7-9-24-8-2-1-6-19(24)27/h1-6,8,14H,7,9-13,15H2,(H,22,26). The Balaban J connectivity index is 1.40. The van der Waals surface area contributed by atoms with Crippen LogP contribution in [0.2, 0.25) is 5.02 Å². The minimum absolute atomic E-state index is 0.0281. The number of nitrogens with one attached hydrogen (secondary N) is 1. The van der Waals surface area contributed by atoms with Crippen LogP contribution in [0.15, 0.2) is 53.5 Å². The maximum Gasteiger partial charge on any atom is 0.250 e. The topological polar surface area (TPSA) is 74.6 Å². The number of rotatable bonds is 6. The maximum atomic E-state index is 12.3. The van der Waals surface area contributed by atoms with Crippen molar-refractivity contribution in [2.24, 2.45) is 0 Å². The van der Waals surface area contributed by atoms with Crippen molar-refractivity contribution in [3.05, 3.63) is 64.0 Å². The van der Waals surface area contributed by atoms with Crippen LogP contribution < -0.4 is 15.8 Å². The highest BCUT2D eigenvalue weighted by Crippen LogP contribution is 2.20. The molecule has 0 saturated carbocycles. The molecule has 0 unspecified atom stereocenters. The smallest absolute Gasteiger partial charge is 0.250 e. The Bertz CT molecular complexity index is 891. The number of hydrogen-bond donors (Lipinski definition) is 1. The lowest BCUT2D eigenvalue weighted by molar-refractivity contribution is -0.133. The van der Waals surface area contributed by atoms with E-state index in [1.165, 1.54) is 10.6 Å². The minimum Gasteiger partial charge on any atom is -0.368 e. The van der Waals surface area contributed by atoms with Crippen LogP contribution in [-0.2, 0) is 16.1 Å². The summed E-state index contributed by atoms with van der Waals surface area (Å²) in [6.45, 7) is 2.90. The molecule has 0 spiro atoms. The van der Waals surface area contributed by atoms with Crippen LogP contribution in [0, 0.1) is 0 Å². The summed E-state index contributed by atoms with van der Waals surface area (Å²) in [6, 6.07) is 12.5. The van der Waals surface area contributed by atoms with Gasteiger partial charge < -0.3 is 19.7 Å². The lowest BCUT2D eigenvalue weighted by Crippen LogP contribution is -2.51. The number of pyridine rings is 1. The third-order valence-electron chi connectivity index (χ3n) is 4.72. The summed E-state index contributed by atoms with van der Waals surface area (Å²) < 4.78 is 1.47. The van der Waals surface area contributed by atoms with Crippen molar-refractivity contribution >= 4 is 29.1 Å². The number of aromatic nitrogens is 1. The summed E-state index contributed by atoms with van der Waals surface area (Å²) in [5.74, 6) is -0.349. The molecule has 28 heavy (non-hydrogen) atoms. The van der Waals surface area contributed by atoms with E-state index in [-0.39, 0.29) is 36.9 Å². The second-order valence-corrected chi connectivity index (χ2v) is 7.04. The second-order valence-electron chi connectivity index (χ2n) is 6.61. The van der Waals surface area contributed by atoms with E-state index < -0.39 is 0 Å². The number of carbonyl (C=O) groups excluding carboxylic acids is 2. The normalized spacial score (nSPS) is 14.0. The summed E-state index contributed by atoms with van der Waals surface area (Å²) in [5.41, 5.74) is 0.896. The number of aryl methyl sites for hydroxylation is 1. The largest absolute Gasteiger partial charge is 0.368 e. The second kappa shape index (κ2) is 9.41. The molecule has 0 atom stereocenters. The molecule has 1 aliphatic rings. The van der Waals surface area contributed by atoms with Gasteiger partial charge in [-0.15, -0.1) is 0 Å². The first kappa shape index (κ1) is 19.9. The Labute approximate surface area is 168 Å². The zero-order valence-corrected chi connectivity index (χ0v) is 16.3. The molecule has 1 aliphatic heterocycles. The number of amides is 2. The van der Waals surface area contributed by atoms with Crippen LogP contribution in [0.3, 0.4) is 0 Å². The van der Waals surface area contributed by atoms with Crippen LogP contribution in [0.4, 0.5) is 5.69 Å². The van der Waals surface area contributed by atoms with Crippen molar-refractivity contribution in [3.8, 4) is 0 Å². The molecule has 0 radical (unpaired) electrons. The lowest BCUT2D eigenvalue weighted by atomic mass is 10.2. The van der Waals surface area contributed by atoms with Crippen molar-refractivity contribution < 1.29 is 9.59 Å². The van der Waals surface area contributed by atoms with E-state index in [9.17, 15) is 14.4 Å². The third-order valence-corrected chi connectivity index (χ3v) is 4.96. The van der Waals surface area contributed by atoms with Gasteiger partial charge in [-0.25, -0.2) is 0 Å². The Morgan fingerprint density at radius 1 is 1.04 bits per heavy atom. The van der Waals surface area contributed by atoms with Gasteiger partial charge in [-0.2, -0.15) is 0 Å². The minimum atomic E-state index is -0.248. The van der Waals surface area contributed by atoms with E-state index in [1.807, 2.05) is 24.3 Å². The highest BCUT2D eigenvalue weighted by molar-refractivity contribution is 6.30. The first-order valence-electron chi connectivity index (χ1n) is 9.23. The zero-order chi connectivity index (χ0) is 19.9. The van der Waals surface area contributed by atoms with Crippen molar-refractivity contribution in [2.45, 2.75) is 13.0 Å². The van der Waals surface area contributed by atoms with E-state index in [0.717, 1.165) is 18.8 Å². The average Bonchev–Trinajstić information content (AvgIpc) is 2.71. The molecule has 7 nitrogen and oxygen atoms in total. The third kappa shape index (κ3) is 5.36. The fourth-order valence-electron chi connectivity index (χ4n) is 3.13. The molecule has 8 heteroatoms. The molecule has 2 amide bonds. The Hall–Kier alpha value is -2.80. The number of anilines is 1. The summed E-state index contributed by atoms with van der Waals surface area (Å²) in [7, 11) is 0. The molecule has 1 fully saturated rings. The molecule has 0 bridgehead atoms. The average molecular weight is 403 g/mol. The van der Waals surface area contributed by atoms with Gasteiger partial charge in [0.1, 0.15) is 0 Å². The van der Waals surface area contributed by atoms with Crippen LogP contribution in [0.25, 0.3) is 0 Å². The van der Waals surface area contributed by atoms with Gasteiger partial charge >= 0.3 is 0 Å². The van der Waals surface area contributed by atoms with Gasteiger partial charge in [0.2, 0.25) is 11.8 Å². The fraction of sp³-hybridized carbons (Fsp3) is 0.350. The van der Waals surface area contributed by atoms with Gasteiger partial charge in [0, 0.05) is 62.1 Å². The molecule has 2 aromatic rings. The highest BCUT2D eigenvalue weighted by Gasteiger charge is 2.21. The Morgan fingerprint density at radius 2 is 1.82 bits per heavy atom. The number of piperazine rings is 1. The quantitative estimate of drug-likeness (QED) is 0.791. The molecule has 148 valence electrons. The molecule has 1 aromatic heterocycles. The van der Waals surface area contributed by atoms with E-state index in [2.05, 4.69) is 10.2 Å². The number of benzene rings is 1. The van der Waals surface area contributed by atoms with Crippen molar-refractivity contribution in [3.63, 3.8) is 0 Å². The van der Waals surface area contributed by atoms with Crippen molar-refractivity contribution in [2.75, 3.05) is 37.6 Å². The van der Waals surface area contributed by atoms with E-state index in [1.54, 1.807) is 23.2 Å². The van der Waals surface area contributed by atoms with Crippen molar-refractivity contribution in [1.29, 1.82) is 0 Å². The molecule has 3 rings (SSSR count). The first-order chi connectivity index (χ1) is 13.5. The monoisotopic (exact) mass is 402 g/mol. The summed E-state index contributed by atoms with van der Waals surface area (Å²) >= 11 is 6.04. The van der Waals surface area contributed by atoms with Gasteiger partial charge in [-0.3, -0.25) is 14.4 Å². The number of halogens is 1. The highest BCUT2D eigenvalue weighted by atomic mass is 35.5. The fourth-order valence-corrected chi connectivity index (χ4v) is 3.31. The van der Waals surface area contributed by atoms with Gasteiger partial charge in [0.15, 0.2) is 0 Å². The van der Waals surface area contributed by atoms with Gasteiger partial charge in [-0.1, -0.05) is 23.7 Å². The first-order valence-corrected chi connectivity index (χ1v) is 9.61. The molecule has 1 saturated heterocycles. The Kier molecular flexibility index (Phi) is 6.71. The predicted octanol–water partition coefficient (Wildman–Crippen LogP) is 1.36.